The van der Waals surface area contributed by atoms with Crippen LogP contribution < -0.4 is 5.32 Å². The molecule has 0 aliphatic heterocycles. The van der Waals surface area contributed by atoms with Gasteiger partial charge in [-0.25, -0.2) is 4.39 Å². The lowest BCUT2D eigenvalue weighted by atomic mass is 9.88. The molecule has 1 aromatic rings. The number of nitrogens with one attached hydrogen (secondary N) is 1. The Balaban J connectivity index is 2.76. The van der Waals surface area contributed by atoms with E-state index in [4.69, 9.17) is 0 Å². The summed E-state index contributed by atoms with van der Waals surface area (Å²) in [6.45, 7) is 12.0. The zero-order valence-corrected chi connectivity index (χ0v) is 13.0. The van der Waals surface area contributed by atoms with Crippen LogP contribution in [0.15, 0.2) is 24.3 Å². The van der Waals surface area contributed by atoms with E-state index in [1.807, 2.05) is 12.1 Å². The molecule has 0 saturated carbocycles. The van der Waals surface area contributed by atoms with Gasteiger partial charge in [0.05, 0.1) is 0 Å². The van der Waals surface area contributed by atoms with Gasteiger partial charge >= 0.3 is 0 Å². The lowest BCUT2D eigenvalue weighted by Crippen LogP contribution is -2.38. The molecule has 1 aromatic carbocycles. The van der Waals surface area contributed by atoms with Crippen LogP contribution in [0.25, 0.3) is 0 Å². The topological polar surface area (TPSA) is 12.0 Å². The van der Waals surface area contributed by atoms with Gasteiger partial charge in [0.1, 0.15) is 5.82 Å². The summed E-state index contributed by atoms with van der Waals surface area (Å²) in [5.74, 6) is 0.987. The fourth-order valence-electron chi connectivity index (χ4n) is 2.15. The standard InChI is InChI=1S/C17H28FN/c1-6-13(2)11-15(12-19-17(3,4)5)14-7-9-16(18)10-8-14/h7-10,13,15,19H,6,11-12H2,1-5H3. The minimum absolute atomic E-state index is 0.119. The quantitative estimate of drug-likeness (QED) is 0.784. The molecular formula is C17H28FN. The second-order valence-electron chi connectivity index (χ2n) is 6.63. The highest BCUT2D eigenvalue weighted by atomic mass is 19.1. The van der Waals surface area contributed by atoms with Crippen LogP contribution in [0.3, 0.4) is 0 Å². The molecule has 2 atom stereocenters. The van der Waals surface area contributed by atoms with Crippen LogP contribution in [0, 0.1) is 11.7 Å². The smallest absolute Gasteiger partial charge is 0.123 e. The van der Waals surface area contributed by atoms with Crippen molar-refractivity contribution in [3.05, 3.63) is 35.6 Å². The van der Waals surface area contributed by atoms with Gasteiger partial charge in [0.2, 0.25) is 0 Å². The molecule has 0 heterocycles. The van der Waals surface area contributed by atoms with Crippen LogP contribution in [0.1, 0.15) is 58.9 Å². The molecule has 2 unspecified atom stereocenters. The van der Waals surface area contributed by atoms with Gasteiger partial charge < -0.3 is 5.32 Å². The highest BCUT2D eigenvalue weighted by Gasteiger charge is 2.18. The molecule has 1 N–H and O–H groups in total. The number of hydrogen-bond acceptors (Lipinski definition) is 1. The first-order valence-electron chi connectivity index (χ1n) is 7.32. The highest BCUT2D eigenvalue weighted by Crippen LogP contribution is 2.25. The Bertz CT molecular complexity index is 364. The molecule has 1 nitrogen and oxygen atoms in total. The SMILES string of the molecule is CCC(C)CC(CNC(C)(C)C)c1ccc(F)cc1. The molecule has 2 heteroatoms. The van der Waals surface area contributed by atoms with Gasteiger partial charge in [-0.3, -0.25) is 0 Å². The monoisotopic (exact) mass is 265 g/mol. The summed E-state index contributed by atoms with van der Waals surface area (Å²) in [7, 11) is 0. The third kappa shape index (κ3) is 6.20. The van der Waals surface area contributed by atoms with Crippen molar-refractivity contribution in [1.29, 1.82) is 0 Å². The zero-order chi connectivity index (χ0) is 14.5. The van der Waals surface area contributed by atoms with Gasteiger partial charge in [0, 0.05) is 12.1 Å². The molecule has 0 radical (unpaired) electrons. The van der Waals surface area contributed by atoms with E-state index in [0.717, 1.165) is 13.0 Å². The molecule has 0 aliphatic carbocycles. The first kappa shape index (κ1) is 16.2. The fourth-order valence-corrected chi connectivity index (χ4v) is 2.15. The van der Waals surface area contributed by atoms with E-state index in [1.165, 1.54) is 12.0 Å². The van der Waals surface area contributed by atoms with E-state index < -0.39 is 0 Å². The summed E-state index contributed by atoms with van der Waals surface area (Å²) in [4.78, 5) is 0. The summed E-state index contributed by atoms with van der Waals surface area (Å²) in [5, 5.41) is 3.57. The lowest BCUT2D eigenvalue weighted by Gasteiger charge is -2.27. The molecular weight excluding hydrogens is 237 g/mol. The Kier molecular flexibility index (Phi) is 5.99. The van der Waals surface area contributed by atoms with Gasteiger partial charge in [-0.05, 0) is 56.7 Å². The van der Waals surface area contributed by atoms with Crippen LogP contribution in [-0.2, 0) is 0 Å². The maximum atomic E-state index is 13.0. The first-order valence-corrected chi connectivity index (χ1v) is 7.32. The third-order valence-corrected chi connectivity index (χ3v) is 3.60. The second-order valence-corrected chi connectivity index (χ2v) is 6.63. The molecule has 0 aromatic heterocycles. The van der Waals surface area contributed by atoms with E-state index in [9.17, 15) is 4.39 Å². The van der Waals surface area contributed by atoms with Gasteiger partial charge in [-0.2, -0.15) is 0 Å². The van der Waals surface area contributed by atoms with Crippen molar-refractivity contribution < 1.29 is 4.39 Å². The first-order chi connectivity index (χ1) is 8.81. The predicted octanol–water partition coefficient (Wildman–Crippen LogP) is 4.73. The minimum atomic E-state index is -0.158. The van der Waals surface area contributed by atoms with Gasteiger partial charge in [-0.15, -0.1) is 0 Å². The van der Waals surface area contributed by atoms with Gasteiger partial charge in [-0.1, -0.05) is 32.4 Å². The molecule has 0 saturated heterocycles. The summed E-state index contributed by atoms with van der Waals surface area (Å²) < 4.78 is 13.0. The molecule has 0 spiro atoms. The van der Waals surface area contributed by atoms with E-state index >= 15 is 0 Å². The summed E-state index contributed by atoms with van der Waals surface area (Å²) in [6.07, 6.45) is 2.33. The fraction of sp³-hybridized carbons (Fsp3) is 0.647. The molecule has 1 rings (SSSR count). The molecule has 19 heavy (non-hydrogen) atoms. The van der Waals surface area contributed by atoms with Crippen molar-refractivity contribution in [3.8, 4) is 0 Å². The number of rotatable bonds is 6. The number of hydrogen-bond donors (Lipinski definition) is 1. The zero-order valence-electron chi connectivity index (χ0n) is 13.0. The number of halogens is 1. The normalized spacial score (nSPS) is 15.3. The summed E-state index contributed by atoms with van der Waals surface area (Å²) in [5.41, 5.74) is 1.35. The van der Waals surface area contributed by atoms with E-state index in [2.05, 4.69) is 39.9 Å². The van der Waals surface area contributed by atoms with Crippen molar-refractivity contribution in [2.24, 2.45) is 5.92 Å². The molecule has 0 amide bonds. The van der Waals surface area contributed by atoms with Gasteiger partial charge in [0.25, 0.3) is 0 Å². The average Bonchev–Trinajstić information content (AvgIpc) is 2.34. The number of benzene rings is 1. The van der Waals surface area contributed by atoms with Crippen molar-refractivity contribution in [3.63, 3.8) is 0 Å². The lowest BCUT2D eigenvalue weighted by molar-refractivity contribution is 0.371. The molecule has 0 aliphatic rings. The second kappa shape index (κ2) is 7.04. The van der Waals surface area contributed by atoms with Crippen molar-refractivity contribution >= 4 is 0 Å². The van der Waals surface area contributed by atoms with Crippen LogP contribution >= 0.6 is 0 Å². The van der Waals surface area contributed by atoms with E-state index in [-0.39, 0.29) is 11.4 Å². The van der Waals surface area contributed by atoms with E-state index in [1.54, 1.807) is 12.1 Å². The molecule has 0 fully saturated rings. The van der Waals surface area contributed by atoms with Crippen LogP contribution in [0.4, 0.5) is 4.39 Å². The Labute approximate surface area is 117 Å². The maximum absolute atomic E-state index is 13.0. The molecule has 108 valence electrons. The predicted molar refractivity (Wildman–Crippen MR) is 81.0 cm³/mol. The maximum Gasteiger partial charge on any atom is 0.123 e. The Hall–Kier alpha value is -0.890. The average molecular weight is 265 g/mol. The van der Waals surface area contributed by atoms with Gasteiger partial charge in [0.15, 0.2) is 0 Å². The Morgan fingerprint density at radius 1 is 1.16 bits per heavy atom. The van der Waals surface area contributed by atoms with Crippen molar-refractivity contribution in [2.75, 3.05) is 6.54 Å². The summed E-state index contributed by atoms with van der Waals surface area (Å²) >= 11 is 0. The van der Waals surface area contributed by atoms with E-state index in [0.29, 0.717) is 11.8 Å². The Morgan fingerprint density at radius 3 is 2.21 bits per heavy atom. The minimum Gasteiger partial charge on any atom is -0.311 e. The van der Waals surface area contributed by atoms with Crippen LogP contribution in [-0.4, -0.2) is 12.1 Å². The molecule has 0 bridgehead atoms. The van der Waals surface area contributed by atoms with Crippen LogP contribution in [0.5, 0.6) is 0 Å². The van der Waals surface area contributed by atoms with Crippen molar-refractivity contribution in [1.82, 2.24) is 5.32 Å². The van der Waals surface area contributed by atoms with Crippen molar-refractivity contribution in [2.45, 2.75) is 58.9 Å². The largest absolute Gasteiger partial charge is 0.311 e. The Morgan fingerprint density at radius 2 is 1.74 bits per heavy atom. The third-order valence-electron chi connectivity index (χ3n) is 3.60. The summed E-state index contributed by atoms with van der Waals surface area (Å²) in [6, 6.07) is 6.98. The van der Waals surface area contributed by atoms with Crippen LogP contribution in [0.2, 0.25) is 0 Å². The highest BCUT2D eigenvalue weighted by molar-refractivity contribution is 5.21.